The highest BCUT2D eigenvalue weighted by atomic mass is 35.5. The molecule has 0 bridgehead atoms. The standard InChI is InChI=1S/C13H16Cl2N2O3/c1-13(2,12(19)20)17(3)7-10(18)16-9-6-4-5-8(14)11(9)15/h4-6H,7H2,1-3H3,(H,16,18)(H,19,20). The lowest BCUT2D eigenvalue weighted by atomic mass is 10.0. The highest BCUT2D eigenvalue weighted by Gasteiger charge is 2.33. The first-order chi connectivity index (χ1) is 9.16. The molecule has 110 valence electrons. The summed E-state index contributed by atoms with van der Waals surface area (Å²) in [5, 5.41) is 12.3. The summed E-state index contributed by atoms with van der Waals surface area (Å²) in [6.45, 7) is 2.96. The molecule has 20 heavy (non-hydrogen) atoms. The van der Waals surface area contributed by atoms with E-state index in [1.165, 1.54) is 18.7 Å². The number of likely N-dealkylation sites (N-methyl/N-ethyl adjacent to an activating group) is 1. The first-order valence-corrected chi connectivity index (χ1v) is 6.60. The summed E-state index contributed by atoms with van der Waals surface area (Å²) < 4.78 is 0. The fourth-order valence-corrected chi connectivity index (χ4v) is 1.71. The highest BCUT2D eigenvalue weighted by Crippen LogP contribution is 2.29. The second-order valence-electron chi connectivity index (χ2n) is 4.87. The van der Waals surface area contributed by atoms with Gasteiger partial charge in [0.25, 0.3) is 0 Å². The van der Waals surface area contributed by atoms with Crippen LogP contribution in [0.3, 0.4) is 0 Å². The molecule has 0 radical (unpaired) electrons. The van der Waals surface area contributed by atoms with E-state index in [4.69, 9.17) is 28.3 Å². The molecule has 1 aromatic carbocycles. The number of hydrogen-bond donors (Lipinski definition) is 2. The molecule has 1 amide bonds. The molecule has 0 aliphatic carbocycles. The van der Waals surface area contributed by atoms with E-state index in [1.54, 1.807) is 25.2 Å². The molecule has 0 saturated heterocycles. The summed E-state index contributed by atoms with van der Waals surface area (Å²) in [4.78, 5) is 24.4. The number of carboxylic acid groups (broad SMARTS) is 1. The highest BCUT2D eigenvalue weighted by molar-refractivity contribution is 6.43. The van der Waals surface area contributed by atoms with Gasteiger partial charge < -0.3 is 10.4 Å². The van der Waals surface area contributed by atoms with Crippen molar-refractivity contribution in [3.05, 3.63) is 28.2 Å². The Hall–Kier alpha value is -1.30. The van der Waals surface area contributed by atoms with Gasteiger partial charge in [-0.2, -0.15) is 0 Å². The van der Waals surface area contributed by atoms with Crippen LogP contribution in [0.25, 0.3) is 0 Å². The Morgan fingerprint density at radius 2 is 1.95 bits per heavy atom. The molecule has 0 aliphatic rings. The molecule has 1 aromatic rings. The number of halogens is 2. The van der Waals surface area contributed by atoms with Crippen molar-refractivity contribution in [3.63, 3.8) is 0 Å². The van der Waals surface area contributed by atoms with E-state index in [2.05, 4.69) is 5.32 Å². The van der Waals surface area contributed by atoms with Crippen LogP contribution in [-0.2, 0) is 9.59 Å². The maximum absolute atomic E-state index is 11.9. The lowest BCUT2D eigenvalue weighted by Gasteiger charge is -2.30. The number of carbonyl (C=O) groups excluding carboxylic acids is 1. The molecule has 5 nitrogen and oxygen atoms in total. The smallest absolute Gasteiger partial charge is 0.323 e. The van der Waals surface area contributed by atoms with Gasteiger partial charge in [0.2, 0.25) is 5.91 Å². The van der Waals surface area contributed by atoms with E-state index in [0.717, 1.165) is 0 Å². The Labute approximate surface area is 127 Å². The molecule has 0 atom stereocenters. The van der Waals surface area contributed by atoms with Gasteiger partial charge in [0, 0.05) is 0 Å². The van der Waals surface area contributed by atoms with Crippen molar-refractivity contribution in [1.29, 1.82) is 0 Å². The number of hydrogen-bond acceptors (Lipinski definition) is 3. The van der Waals surface area contributed by atoms with Crippen LogP contribution in [0.5, 0.6) is 0 Å². The van der Waals surface area contributed by atoms with Gasteiger partial charge in [-0.1, -0.05) is 29.3 Å². The molecule has 0 heterocycles. The van der Waals surface area contributed by atoms with Crippen LogP contribution in [0.1, 0.15) is 13.8 Å². The van der Waals surface area contributed by atoms with E-state index >= 15 is 0 Å². The second-order valence-corrected chi connectivity index (χ2v) is 5.65. The minimum atomic E-state index is -1.14. The largest absolute Gasteiger partial charge is 0.480 e. The Morgan fingerprint density at radius 3 is 2.50 bits per heavy atom. The van der Waals surface area contributed by atoms with Gasteiger partial charge in [-0.25, -0.2) is 0 Å². The summed E-state index contributed by atoms with van der Waals surface area (Å²) in [6.07, 6.45) is 0. The Balaban J connectivity index is 2.74. The van der Waals surface area contributed by atoms with Gasteiger partial charge in [0.15, 0.2) is 0 Å². The molecular weight excluding hydrogens is 303 g/mol. The molecule has 7 heteroatoms. The van der Waals surface area contributed by atoms with Crippen LogP contribution in [-0.4, -0.2) is 41.0 Å². The molecule has 0 fully saturated rings. The lowest BCUT2D eigenvalue weighted by Crippen LogP contribution is -2.50. The first kappa shape index (κ1) is 16.8. The van der Waals surface area contributed by atoms with E-state index in [9.17, 15) is 9.59 Å². The van der Waals surface area contributed by atoms with Gasteiger partial charge in [0.1, 0.15) is 5.54 Å². The van der Waals surface area contributed by atoms with Gasteiger partial charge in [-0.05, 0) is 33.0 Å². The third kappa shape index (κ3) is 3.85. The van der Waals surface area contributed by atoms with Crippen molar-refractivity contribution < 1.29 is 14.7 Å². The van der Waals surface area contributed by atoms with E-state index in [0.29, 0.717) is 10.7 Å². The second kappa shape index (κ2) is 6.43. The van der Waals surface area contributed by atoms with Crippen molar-refractivity contribution in [2.75, 3.05) is 18.9 Å². The van der Waals surface area contributed by atoms with Crippen LogP contribution in [0.4, 0.5) is 5.69 Å². The minimum absolute atomic E-state index is 0.0812. The predicted molar refractivity (Wildman–Crippen MR) is 79.4 cm³/mol. The predicted octanol–water partition coefficient (Wildman–Crippen LogP) is 2.73. The summed E-state index contributed by atoms with van der Waals surface area (Å²) in [5.74, 6) is -1.38. The Kier molecular flexibility index (Phi) is 5.39. The topological polar surface area (TPSA) is 69.6 Å². The number of carbonyl (C=O) groups is 2. The van der Waals surface area contributed by atoms with Crippen molar-refractivity contribution in [3.8, 4) is 0 Å². The Morgan fingerprint density at radius 1 is 1.35 bits per heavy atom. The average Bonchev–Trinajstić information content (AvgIpc) is 2.34. The molecular formula is C13H16Cl2N2O3. The molecule has 0 aromatic heterocycles. The zero-order valence-corrected chi connectivity index (χ0v) is 12.9. The lowest BCUT2D eigenvalue weighted by molar-refractivity contribution is -0.148. The zero-order chi connectivity index (χ0) is 15.5. The van der Waals surface area contributed by atoms with Crippen molar-refractivity contribution in [2.45, 2.75) is 19.4 Å². The van der Waals surface area contributed by atoms with Gasteiger partial charge in [-0.15, -0.1) is 0 Å². The van der Waals surface area contributed by atoms with Crippen molar-refractivity contribution in [2.24, 2.45) is 0 Å². The maximum Gasteiger partial charge on any atom is 0.323 e. The molecule has 0 spiro atoms. The summed E-state index contributed by atoms with van der Waals surface area (Å²) in [5.41, 5.74) is -0.749. The van der Waals surface area contributed by atoms with Crippen LogP contribution in [0.2, 0.25) is 10.0 Å². The number of nitrogens with zero attached hydrogens (tertiary/aromatic N) is 1. The zero-order valence-electron chi connectivity index (χ0n) is 11.4. The van der Waals surface area contributed by atoms with Gasteiger partial charge in [-0.3, -0.25) is 14.5 Å². The number of benzene rings is 1. The molecule has 0 unspecified atom stereocenters. The normalized spacial score (nSPS) is 11.5. The summed E-state index contributed by atoms with van der Waals surface area (Å²) >= 11 is 11.8. The number of aliphatic carboxylic acids is 1. The van der Waals surface area contributed by atoms with Gasteiger partial charge >= 0.3 is 5.97 Å². The van der Waals surface area contributed by atoms with E-state index in [-0.39, 0.29) is 17.5 Å². The van der Waals surface area contributed by atoms with Crippen LogP contribution >= 0.6 is 23.2 Å². The molecule has 0 saturated carbocycles. The van der Waals surface area contributed by atoms with E-state index in [1.807, 2.05) is 0 Å². The SMILES string of the molecule is CN(CC(=O)Nc1cccc(Cl)c1Cl)C(C)(C)C(=O)O. The number of amides is 1. The number of anilines is 1. The summed E-state index contributed by atoms with van der Waals surface area (Å²) in [7, 11) is 1.56. The number of rotatable bonds is 5. The summed E-state index contributed by atoms with van der Waals surface area (Å²) in [6, 6.07) is 4.89. The monoisotopic (exact) mass is 318 g/mol. The number of carboxylic acids is 1. The van der Waals surface area contributed by atoms with Crippen LogP contribution in [0, 0.1) is 0 Å². The molecule has 0 aliphatic heterocycles. The Bertz CT molecular complexity index is 532. The van der Waals surface area contributed by atoms with Crippen molar-refractivity contribution in [1.82, 2.24) is 4.90 Å². The number of nitrogens with one attached hydrogen (secondary N) is 1. The minimum Gasteiger partial charge on any atom is -0.480 e. The quantitative estimate of drug-likeness (QED) is 0.875. The van der Waals surface area contributed by atoms with Crippen LogP contribution in [0.15, 0.2) is 18.2 Å². The maximum atomic E-state index is 11.9. The fraction of sp³-hybridized carbons (Fsp3) is 0.385. The molecule has 1 rings (SSSR count). The fourth-order valence-electron chi connectivity index (χ4n) is 1.37. The third-order valence-electron chi connectivity index (χ3n) is 3.08. The first-order valence-electron chi connectivity index (χ1n) is 5.84. The third-order valence-corrected chi connectivity index (χ3v) is 3.90. The van der Waals surface area contributed by atoms with Crippen LogP contribution < -0.4 is 5.32 Å². The van der Waals surface area contributed by atoms with Crippen molar-refractivity contribution >= 4 is 40.8 Å². The average molecular weight is 319 g/mol. The van der Waals surface area contributed by atoms with Gasteiger partial charge in [0.05, 0.1) is 22.3 Å². The van der Waals surface area contributed by atoms with E-state index < -0.39 is 11.5 Å². The molecule has 2 N–H and O–H groups in total.